The van der Waals surface area contributed by atoms with Crippen molar-refractivity contribution in [3.63, 3.8) is 0 Å². The molecule has 0 aromatic heterocycles. The fourth-order valence-electron chi connectivity index (χ4n) is 2.63. The highest BCUT2D eigenvalue weighted by Gasteiger charge is 2.37. The maximum atomic E-state index is 11.6. The Morgan fingerprint density at radius 1 is 1.14 bits per heavy atom. The molecule has 7 nitrogen and oxygen atoms in total. The highest BCUT2D eigenvalue weighted by atomic mass is 32.2. The molecular weight excluding hydrogens is 330 g/mol. The van der Waals surface area contributed by atoms with E-state index in [0.717, 1.165) is 5.71 Å². The van der Waals surface area contributed by atoms with Gasteiger partial charge in [-0.25, -0.2) is 0 Å². The monoisotopic (exact) mass is 347 g/mol. The van der Waals surface area contributed by atoms with Crippen LogP contribution in [0.3, 0.4) is 0 Å². The third-order valence-corrected chi connectivity index (χ3v) is 5.61. The fourth-order valence-corrected chi connectivity index (χ4v) is 3.85. The summed E-state index contributed by atoms with van der Waals surface area (Å²) in [6.45, 7) is 5.46. The van der Waals surface area contributed by atoms with Crippen molar-refractivity contribution < 1.29 is 25.9 Å². The molecule has 0 bridgehead atoms. The first-order valence-electron chi connectivity index (χ1n) is 6.49. The first-order chi connectivity index (χ1) is 9.84. The van der Waals surface area contributed by atoms with E-state index in [4.69, 9.17) is 4.55 Å². The molecule has 2 N–H and O–H groups in total. The van der Waals surface area contributed by atoms with Crippen LogP contribution in [0.25, 0.3) is 0 Å². The molecule has 0 saturated carbocycles. The molecule has 1 aromatic carbocycles. The highest BCUT2D eigenvalue weighted by molar-refractivity contribution is 7.86. The van der Waals surface area contributed by atoms with Crippen molar-refractivity contribution >= 4 is 31.6 Å². The van der Waals surface area contributed by atoms with Crippen LogP contribution in [0, 0.1) is 0 Å². The molecule has 1 heterocycles. The largest absolute Gasteiger partial charge is 0.294 e. The average Bonchev–Trinajstić information content (AvgIpc) is 2.55. The Hall–Kier alpha value is -1.29. The van der Waals surface area contributed by atoms with E-state index in [1.807, 2.05) is 13.8 Å². The Morgan fingerprint density at radius 2 is 1.73 bits per heavy atom. The van der Waals surface area contributed by atoms with E-state index in [-0.39, 0.29) is 16.9 Å². The smallest absolute Gasteiger partial charge is 0.286 e. The number of hydrogen-bond donors (Lipinski definition) is 2. The quantitative estimate of drug-likeness (QED) is 0.800. The zero-order valence-corrected chi connectivity index (χ0v) is 14.0. The maximum Gasteiger partial charge on any atom is 0.294 e. The van der Waals surface area contributed by atoms with Gasteiger partial charge in [0.2, 0.25) is 0 Å². The lowest BCUT2D eigenvalue weighted by molar-refractivity contribution is 0.476. The van der Waals surface area contributed by atoms with Crippen molar-refractivity contribution in [3.8, 4) is 0 Å². The molecule has 22 heavy (non-hydrogen) atoms. The van der Waals surface area contributed by atoms with Gasteiger partial charge in [0.1, 0.15) is 0 Å². The number of benzene rings is 1. The van der Waals surface area contributed by atoms with Gasteiger partial charge in [-0.15, -0.1) is 0 Å². The van der Waals surface area contributed by atoms with Crippen molar-refractivity contribution in [2.24, 2.45) is 4.99 Å². The van der Waals surface area contributed by atoms with Crippen molar-refractivity contribution in [1.29, 1.82) is 0 Å². The maximum absolute atomic E-state index is 11.6. The minimum Gasteiger partial charge on any atom is -0.286 e. The summed E-state index contributed by atoms with van der Waals surface area (Å²) >= 11 is 0. The topological polar surface area (TPSA) is 121 Å². The van der Waals surface area contributed by atoms with Gasteiger partial charge in [-0.3, -0.25) is 14.1 Å². The van der Waals surface area contributed by atoms with Crippen LogP contribution in [-0.2, 0) is 32.1 Å². The van der Waals surface area contributed by atoms with E-state index in [0.29, 0.717) is 11.3 Å². The summed E-state index contributed by atoms with van der Waals surface area (Å²) in [6, 6.07) is 2.68. The van der Waals surface area contributed by atoms with Gasteiger partial charge < -0.3 is 0 Å². The van der Waals surface area contributed by atoms with Crippen LogP contribution in [0.5, 0.6) is 0 Å². The third-order valence-electron chi connectivity index (χ3n) is 3.95. The summed E-state index contributed by atoms with van der Waals surface area (Å²) in [5.74, 6) is -0.638. The number of hydrogen-bond acceptors (Lipinski definition) is 5. The van der Waals surface area contributed by atoms with Crippen LogP contribution in [0.4, 0.5) is 5.69 Å². The summed E-state index contributed by atoms with van der Waals surface area (Å²) in [5.41, 5.74) is 1.43. The molecule has 1 aliphatic heterocycles. The van der Waals surface area contributed by atoms with Gasteiger partial charge in [0.05, 0.1) is 16.3 Å². The van der Waals surface area contributed by atoms with Crippen molar-refractivity contribution in [2.75, 3.05) is 5.75 Å². The molecule has 0 spiro atoms. The van der Waals surface area contributed by atoms with Crippen LogP contribution >= 0.6 is 0 Å². The van der Waals surface area contributed by atoms with E-state index >= 15 is 0 Å². The standard InChI is InChI=1S/C13H17NO6S2/c1-8-13(2,3)12-9(6-7-21(15,16)17)11(22(18,19)20)5-4-10(12)14-8/h4-5H,6-7H2,1-3H3,(H,15,16,17)(H,18,19,20). The van der Waals surface area contributed by atoms with Crippen molar-refractivity contribution in [1.82, 2.24) is 0 Å². The minimum absolute atomic E-state index is 0.170. The van der Waals surface area contributed by atoms with Gasteiger partial charge in [-0.05, 0) is 36.6 Å². The molecular formula is C13H17NO6S2. The summed E-state index contributed by atoms with van der Waals surface area (Å²) in [4.78, 5) is 4.01. The third kappa shape index (κ3) is 3.07. The Labute approximate surface area is 129 Å². The Balaban J connectivity index is 2.71. The highest BCUT2D eigenvalue weighted by Crippen LogP contribution is 2.44. The van der Waals surface area contributed by atoms with E-state index in [9.17, 15) is 21.4 Å². The number of aliphatic imine (C=N–C) groups is 1. The fraction of sp³-hybridized carbons (Fsp3) is 0.462. The summed E-state index contributed by atoms with van der Waals surface area (Å²) in [6.07, 6.45) is -0.233. The lowest BCUT2D eigenvalue weighted by Crippen LogP contribution is -2.26. The normalized spacial score (nSPS) is 17.2. The second kappa shape index (κ2) is 5.12. The molecule has 1 aliphatic rings. The SMILES string of the molecule is CC1=Nc2ccc(S(=O)(=O)O)c(CCS(=O)(=O)O)c2C1(C)C. The Kier molecular flexibility index (Phi) is 3.97. The van der Waals surface area contributed by atoms with Gasteiger partial charge in [-0.1, -0.05) is 13.8 Å². The minimum atomic E-state index is -4.52. The van der Waals surface area contributed by atoms with Gasteiger partial charge in [0.25, 0.3) is 20.2 Å². The number of rotatable bonds is 4. The molecule has 0 aliphatic carbocycles. The average molecular weight is 347 g/mol. The Morgan fingerprint density at radius 3 is 2.23 bits per heavy atom. The summed E-state index contributed by atoms with van der Waals surface area (Å²) < 4.78 is 63.5. The van der Waals surface area contributed by atoms with Gasteiger partial charge in [-0.2, -0.15) is 16.8 Å². The first kappa shape index (κ1) is 17.1. The lowest BCUT2D eigenvalue weighted by Gasteiger charge is -2.24. The van der Waals surface area contributed by atoms with E-state index in [2.05, 4.69) is 4.99 Å². The van der Waals surface area contributed by atoms with Crippen molar-refractivity contribution in [3.05, 3.63) is 23.3 Å². The van der Waals surface area contributed by atoms with Gasteiger partial charge in [0.15, 0.2) is 0 Å². The van der Waals surface area contributed by atoms with Crippen LogP contribution in [0.2, 0.25) is 0 Å². The van der Waals surface area contributed by atoms with Crippen LogP contribution in [0.1, 0.15) is 31.9 Å². The van der Waals surface area contributed by atoms with Crippen molar-refractivity contribution in [2.45, 2.75) is 37.5 Å². The first-order valence-corrected chi connectivity index (χ1v) is 9.54. The molecule has 0 fully saturated rings. The van der Waals surface area contributed by atoms with Gasteiger partial charge >= 0.3 is 0 Å². The number of fused-ring (bicyclic) bond motifs is 1. The predicted octanol–water partition coefficient (Wildman–Crippen LogP) is 1.75. The van der Waals surface area contributed by atoms with Crippen LogP contribution in [0.15, 0.2) is 22.0 Å². The van der Waals surface area contributed by atoms with E-state index in [1.165, 1.54) is 12.1 Å². The molecule has 9 heteroatoms. The van der Waals surface area contributed by atoms with Crippen LogP contribution in [-0.4, -0.2) is 37.4 Å². The molecule has 0 saturated heterocycles. The zero-order valence-electron chi connectivity index (χ0n) is 12.4. The van der Waals surface area contributed by atoms with Crippen LogP contribution < -0.4 is 0 Å². The lowest BCUT2D eigenvalue weighted by atomic mass is 9.79. The second-order valence-corrected chi connectivity index (χ2v) is 8.73. The predicted molar refractivity (Wildman–Crippen MR) is 82.2 cm³/mol. The van der Waals surface area contributed by atoms with E-state index in [1.54, 1.807) is 6.92 Å². The molecule has 0 unspecified atom stereocenters. The van der Waals surface area contributed by atoms with Gasteiger partial charge in [0, 0.05) is 11.1 Å². The number of nitrogens with zero attached hydrogens (tertiary/aromatic N) is 1. The second-order valence-electron chi connectivity index (χ2n) is 5.77. The molecule has 0 atom stereocenters. The molecule has 2 rings (SSSR count). The zero-order chi connectivity index (χ0) is 16.9. The molecule has 122 valence electrons. The van der Waals surface area contributed by atoms with E-state index < -0.39 is 31.4 Å². The Bertz CT molecular complexity index is 866. The molecule has 0 radical (unpaired) electrons. The summed E-state index contributed by atoms with van der Waals surface area (Å²) in [5, 5.41) is 0. The molecule has 1 aromatic rings. The molecule has 0 amide bonds. The summed E-state index contributed by atoms with van der Waals surface area (Å²) in [7, 11) is -8.78.